The number of hydrogen-bond donors (Lipinski definition) is 0. The standard InChI is InChI=1S/C12H20O6/c1-9(2)8-12(15)18-7-5-11(14)17-6-4-10(13)16-3/h9H,4-8H2,1-3H3. The van der Waals surface area contributed by atoms with Crippen LogP contribution in [0.5, 0.6) is 0 Å². The predicted molar refractivity (Wildman–Crippen MR) is 62.6 cm³/mol. The van der Waals surface area contributed by atoms with Gasteiger partial charge in [0.2, 0.25) is 0 Å². The molecule has 0 fully saturated rings. The van der Waals surface area contributed by atoms with E-state index >= 15 is 0 Å². The van der Waals surface area contributed by atoms with Crippen LogP contribution in [0.3, 0.4) is 0 Å². The highest BCUT2D eigenvalue weighted by molar-refractivity contribution is 5.73. The van der Waals surface area contributed by atoms with Crippen LogP contribution in [-0.2, 0) is 28.6 Å². The predicted octanol–water partition coefficient (Wildman–Crippen LogP) is 1.07. The summed E-state index contributed by atoms with van der Waals surface area (Å²) in [5.74, 6) is -1.04. The smallest absolute Gasteiger partial charge is 0.309 e. The fourth-order valence-electron chi connectivity index (χ4n) is 1.06. The summed E-state index contributed by atoms with van der Waals surface area (Å²) in [4.78, 5) is 33.0. The average Bonchev–Trinajstić information content (AvgIpc) is 2.27. The topological polar surface area (TPSA) is 78.9 Å². The molecule has 0 aliphatic heterocycles. The van der Waals surface area contributed by atoms with Crippen molar-refractivity contribution in [3.8, 4) is 0 Å². The van der Waals surface area contributed by atoms with Crippen LogP contribution < -0.4 is 0 Å². The van der Waals surface area contributed by atoms with Gasteiger partial charge in [0, 0.05) is 6.42 Å². The lowest BCUT2D eigenvalue weighted by Gasteiger charge is -2.06. The van der Waals surface area contributed by atoms with Crippen molar-refractivity contribution in [2.24, 2.45) is 5.92 Å². The summed E-state index contributed by atoms with van der Waals surface area (Å²) in [6.45, 7) is 3.79. The van der Waals surface area contributed by atoms with Gasteiger partial charge in [-0.3, -0.25) is 14.4 Å². The van der Waals surface area contributed by atoms with Crippen LogP contribution in [0.15, 0.2) is 0 Å². The molecule has 0 bridgehead atoms. The molecule has 0 saturated carbocycles. The molecule has 0 heterocycles. The molecular formula is C12H20O6. The third-order valence-electron chi connectivity index (χ3n) is 1.94. The van der Waals surface area contributed by atoms with E-state index in [9.17, 15) is 14.4 Å². The third-order valence-corrected chi connectivity index (χ3v) is 1.94. The lowest BCUT2D eigenvalue weighted by atomic mass is 10.1. The Balaban J connectivity index is 3.53. The maximum Gasteiger partial charge on any atom is 0.309 e. The van der Waals surface area contributed by atoms with Crippen molar-refractivity contribution in [3.05, 3.63) is 0 Å². The average molecular weight is 260 g/mol. The molecule has 0 saturated heterocycles. The van der Waals surface area contributed by atoms with Gasteiger partial charge < -0.3 is 14.2 Å². The largest absolute Gasteiger partial charge is 0.469 e. The normalized spacial score (nSPS) is 10.0. The second kappa shape index (κ2) is 9.44. The van der Waals surface area contributed by atoms with E-state index in [2.05, 4.69) is 4.74 Å². The molecule has 18 heavy (non-hydrogen) atoms. The number of esters is 3. The molecule has 0 aliphatic rings. The first-order chi connectivity index (χ1) is 8.45. The molecule has 6 heteroatoms. The van der Waals surface area contributed by atoms with Crippen LogP contribution in [0, 0.1) is 5.92 Å². The van der Waals surface area contributed by atoms with E-state index in [4.69, 9.17) is 9.47 Å². The summed E-state index contributed by atoms with van der Waals surface area (Å²) in [6, 6.07) is 0. The summed E-state index contributed by atoms with van der Waals surface area (Å²) in [5.41, 5.74) is 0. The number of hydrogen-bond acceptors (Lipinski definition) is 6. The summed E-state index contributed by atoms with van der Waals surface area (Å²) in [6.07, 6.45) is 0.345. The van der Waals surface area contributed by atoms with Crippen molar-refractivity contribution < 1.29 is 28.6 Å². The maximum absolute atomic E-state index is 11.2. The van der Waals surface area contributed by atoms with Crippen molar-refractivity contribution >= 4 is 17.9 Å². The van der Waals surface area contributed by atoms with Crippen LogP contribution >= 0.6 is 0 Å². The minimum absolute atomic E-state index is 0.00259. The zero-order valence-corrected chi connectivity index (χ0v) is 11.1. The molecule has 0 N–H and O–H groups in total. The number of rotatable bonds is 8. The van der Waals surface area contributed by atoms with Gasteiger partial charge in [-0.15, -0.1) is 0 Å². The van der Waals surface area contributed by atoms with E-state index in [1.165, 1.54) is 7.11 Å². The lowest BCUT2D eigenvalue weighted by Crippen LogP contribution is -2.15. The maximum atomic E-state index is 11.2. The lowest BCUT2D eigenvalue weighted by molar-refractivity contribution is -0.150. The zero-order valence-electron chi connectivity index (χ0n) is 11.1. The fourth-order valence-corrected chi connectivity index (χ4v) is 1.06. The molecular weight excluding hydrogens is 240 g/mol. The zero-order chi connectivity index (χ0) is 14.0. The Labute approximate surface area is 107 Å². The molecule has 0 aliphatic carbocycles. The highest BCUT2D eigenvalue weighted by Crippen LogP contribution is 2.01. The molecule has 104 valence electrons. The second-order valence-electron chi connectivity index (χ2n) is 4.12. The van der Waals surface area contributed by atoms with E-state index in [-0.39, 0.29) is 37.9 Å². The quantitative estimate of drug-likeness (QED) is 0.480. The van der Waals surface area contributed by atoms with Gasteiger partial charge in [-0.1, -0.05) is 13.8 Å². The van der Waals surface area contributed by atoms with Crippen LogP contribution in [0.25, 0.3) is 0 Å². The summed E-state index contributed by atoms with van der Waals surface area (Å²) >= 11 is 0. The molecule has 0 aromatic rings. The first-order valence-electron chi connectivity index (χ1n) is 5.83. The van der Waals surface area contributed by atoms with Crippen LogP contribution in [0.1, 0.15) is 33.1 Å². The first kappa shape index (κ1) is 16.4. The molecule has 0 aromatic heterocycles. The fraction of sp³-hybridized carbons (Fsp3) is 0.750. The molecule has 0 aromatic carbocycles. The van der Waals surface area contributed by atoms with Gasteiger partial charge in [0.1, 0.15) is 13.2 Å². The first-order valence-corrected chi connectivity index (χ1v) is 5.83. The third kappa shape index (κ3) is 9.62. The van der Waals surface area contributed by atoms with Crippen molar-refractivity contribution in [1.29, 1.82) is 0 Å². The Morgan fingerprint density at radius 3 is 1.89 bits per heavy atom. The van der Waals surface area contributed by atoms with E-state index in [0.29, 0.717) is 6.42 Å². The van der Waals surface area contributed by atoms with Gasteiger partial charge in [-0.25, -0.2) is 0 Å². The van der Waals surface area contributed by atoms with Gasteiger partial charge >= 0.3 is 17.9 Å². The Morgan fingerprint density at radius 1 is 0.889 bits per heavy atom. The summed E-state index contributed by atoms with van der Waals surface area (Å²) in [5, 5.41) is 0. The Morgan fingerprint density at radius 2 is 1.39 bits per heavy atom. The highest BCUT2D eigenvalue weighted by Gasteiger charge is 2.09. The van der Waals surface area contributed by atoms with Crippen LogP contribution in [0.4, 0.5) is 0 Å². The molecule has 0 unspecified atom stereocenters. The monoisotopic (exact) mass is 260 g/mol. The van der Waals surface area contributed by atoms with Gasteiger partial charge in [0.25, 0.3) is 0 Å². The van der Waals surface area contributed by atoms with Gasteiger partial charge in [-0.2, -0.15) is 0 Å². The van der Waals surface area contributed by atoms with E-state index < -0.39 is 11.9 Å². The number of carbonyl (C=O) groups excluding carboxylic acids is 3. The molecule has 0 spiro atoms. The summed E-state index contributed by atoms with van der Waals surface area (Å²) < 4.78 is 14.0. The Bertz CT molecular complexity index is 284. The molecule has 0 amide bonds. The van der Waals surface area contributed by atoms with Crippen molar-refractivity contribution in [3.63, 3.8) is 0 Å². The molecule has 0 rings (SSSR count). The van der Waals surface area contributed by atoms with Crippen LogP contribution in [0.2, 0.25) is 0 Å². The highest BCUT2D eigenvalue weighted by atomic mass is 16.6. The minimum atomic E-state index is -0.503. The number of methoxy groups -OCH3 is 1. The minimum Gasteiger partial charge on any atom is -0.469 e. The molecule has 0 radical (unpaired) electrons. The Kier molecular flexibility index (Phi) is 8.61. The van der Waals surface area contributed by atoms with Crippen molar-refractivity contribution in [1.82, 2.24) is 0 Å². The van der Waals surface area contributed by atoms with Crippen LogP contribution in [-0.4, -0.2) is 38.2 Å². The van der Waals surface area contributed by atoms with E-state index in [0.717, 1.165) is 0 Å². The SMILES string of the molecule is COC(=O)CCOC(=O)CCOC(=O)CC(C)C. The van der Waals surface area contributed by atoms with Gasteiger partial charge in [0.05, 0.1) is 20.0 Å². The molecule has 0 atom stereocenters. The van der Waals surface area contributed by atoms with E-state index in [1.54, 1.807) is 0 Å². The van der Waals surface area contributed by atoms with Gasteiger partial charge in [-0.05, 0) is 5.92 Å². The molecule has 6 nitrogen and oxygen atoms in total. The van der Waals surface area contributed by atoms with Crippen molar-refractivity contribution in [2.45, 2.75) is 33.1 Å². The van der Waals surface area contributed by atoms with E-state index in [1.807, 2.05) is 13.8 Å². The summed E-state index contributed by atoms with van der Waals surface area (Å²) in [7, 11) is 1.26. The number of carbonyl (C=O) groups is 3. The number of ether oxygens (including phenoxy) is 3. The Hall–Kier alpha value is -1.59. The second-order valence-corrected chi connectivity index (χ2v) is 4.12. The van der Waals surface area contributed by atoms with Crippen molar-refractivity contribution in [2.75, 3.05) is 20.3 Å². The van der Waals surface area contributed by atoms with Gasteiger partial charge in [0.15, 0.2) is 0 Å².